The van der Waals surface area contributed by atoms with E-state index >= 15 is 0 Å². The summed E-state index contributed by atoms with van der Waals surface area (Å²) < 4.78 is 5.79. The molecule has 2 aromatic heterocycles. The van der Waals surface area contributed by atoms with Gasteiger partial charge in [0.1, 0.15) is 5.82 Å². The molecule has 0 bridgehead atoms. The van der Waals surface area contributed by atoms with Crippen LogP contribution in [0.3, 0.4) is 0 Å². The number of hydrogen-bond acceptors (Lipinski definition) is 6. The highest BCUT2D eigenvalue weighted by molar-refractivity contribution is 7.09. The van der Waals surface area contributed by atoms with Crippen molar-refractivity contribution in [1.29, 1.82) is 0 Å². The van der Waals surface area contributed by atoms with Crippen LogP contribution >= 0.6 is 11.5 Å². The molecule has 6 nitrogen and oxygen atoms in total. The number of hydrogen-bond donors (Lipinski definition) is 1. The van der Waals surface area contributed by atoms with Gasteiger partial charge in [-0.15, -0.1) is 0 Å². The predicted molar refractivity (Wildman–Crippen MR) is 70.9 cm³/mol. The molecule has 18 heavy (non-hydrogen) atoms. The van der Waals surface area contributed by atoms with E-state index in [9.17, 15) is 4.79 Å². The van der Waals surface area contributed by atoms with Crippen molar-refractivity contribution < 1.29 is 0 Å². The zero-order chi connectivity index (χ0) is 12.8. The Morgan fingerprint density at radius 3 is 3.11 bits per heavy atom. The Morgan fingerprint density at radius 2 is 2.39 bits per heavy atom. The summed E-state index contributed by atoms with van der Waals surface area (Å²) in [7, 11) is 0. The Bertz CT molecular complexity index is 550. The number of rotatable bonds is 6. The molecule has 0 radical (unpaired) electrons. The average molecular weight is 265 g/mol. The standard InChI is InChI=1S/C11H15N5OS/c1-2-9-14-10(18-15-9)12-5-3-7-16-8-4-6-13-11(16)17/h4,6,8H,2-3,5,7H2,1H3,(H,12,14,15). The van der Waals surface area contributed by atoms with Crippen molar-refractivity contribution in [1.82, 2.24) is 18.9 Å². The molecule has 0 spiro atoms. The molecule has 0 saturated heterocycles. The Labute approximate surface area is 109 Å². The van der Waals surface area contributed by atoms with E-state index in [1.165, 1.54) is 17.7 Å². The highest BCUT2D eigenvalue weighted by atomic mass is 32.1. The van der Waals surface area contributed by atoms with Gasteiger partial charge >= 0.3 is 5.69 Å². The normalized spacial score (nSPS) is 10.5. The smallest absolute Gasteiger partial charge is 0.347 e. The summed E-state index contributed by atoms with van der Waals surface area (Å²) >= 11 is 1.37. The molecular weight excluding hydrogens is 250 g/mol. The molecule has 0 atom stereocenters. The van der Waals surface area contributed by atoms with E-state index in [2.05, 4.69) is 19.7 Å². The zero-order valence-corrected chi connectivity index (χ0v) is 11.0. The van der Waals surface area contributed by atoms with Crippen LogP contribution in [0, 0.1) is 0 Å². The van der Waals surface area contributed by atoms with Crippen LogP contribution in [0.2, 0.25) is 0 Å². The summed E-state index contributed by atoms with van der Waals surface area (Å²) in [6.07, 6.45) is 4.94. The van der Waals surface area contributed by atoms with Gasteiger partial charge in [0.05, 0.1) is 0 Å². The van der Waals surface area contributed by atoms with Gasteiger partial charge < -0.3 is 5.32 Å². The average Bonchev–Trinajstić information content (AvgIpc) is 2.84. The molecule has 0 aromatic carbocycles. The molecule has 0 fully saturated rings. The molecule has 0 aliphatic heterocycles. The summed E-state index contributed by atoms with van der Waals surface area (Å²) in [5.41, 5.74) is -0.207. The van der Waals surface area contributed by atoms with Crippen molar-refractivity contribution in [3.05, 3.63) is 34.8 Å². The van der Waals surface area contributed by atoms with Crippen molar-refractivity contribution in [2.75, 3.05) is 11.9 Å². The number of aromatic nitrogens is 4. The molecule has 0 aliphatic carbocycles. The summed E-state index contributed by atoms with van der Waals surface area (Å²) in [5, 5.41) is 4.04. The lowest BCUT2D eigenvalue weighted by Gasteiger charge is -2.04. The minimum absolute atomic E-state index is 0.207. The maximum atomic E-state index is 11.3. The van der Waals surface area contributed by atoms with Gasteiger partial charge in [0, 0.05) is 43.4 Å². The Hall–Kier alpha value is -1.76. The van der Waals surface area contributed by atoms with Gasteiger partial charge in [-0.3, -0.25) is 4.57 Å². The first-order valence-corrected chi connectivity index (χ1v) is 6.65. The van der Waals surface area contributed by atoms with Gasteiger partial charge in [-0.1, -0.05) is 6.92 Å². The lowest BCUT2D eigenvalue weighted by Crippen LogP contribution is -2.22. The highest BCUT2D eigenvalue weighted by Crippen LogP contribution is 2.10. The molecule has 2 rings (SSSR count). The molecule has 1 N–H and O–H groups in total. The van der Waals surface area contributed by atoms with Crippen LogP contribution in [0.4, 0.5) is 5.13 Å². The monoisotopic (exact) mass is 265 g/mol. The minimum Gasteiger partial charge on any atom is -0.360 e. The zero-order valence-electron chi connectivity index (χ0n) is 10.2. The first-order valence-electron chi connectivity index (χ1n) is 5.87. The van der Waals surface area contributed by atoms with Gasteiger partial charge in [-0.2, -0.15) is 4.37 Å². The molecular formula is C11H15N5OS. The second kappa shape index (κ2) is 6.25. The highest BCUT2D eigenvalue weighted by Gasteiger charge is 2.01. The molecule has 0 amide bonds. The molecule has 96 valence electrons. The Kier molecular flexibility index (Phi) is 4.40. The van der Waals surface area contributed by atoms with E-state index in [1.54, 1.807) is 16.8 Å². The number of anilines is 1. The largest absolute Gasteiger partial charge is 0.360 e. The van der Waals surface area contributed by atoms with Crippen molar-refractivity contribution in [3.63, 3.8) is 0 Å². The number of aryl methyl sites for hydroxylation is 2. The molecule has 0 aliphatic rings. The fourth-order valence-corrected chi connectivity index (χ4v) is 2.15. The van der Waals surface area contributed by atoms with E-state index < -0.39 is 0 Å². The third kappa shape index (κ3) is 3.36. The van der Waals surface area contributed by atoms with Crippen LogP contribution in [0.15, 0.2) is 23.3 Å². The first kappa shape index (κ1) is 12.7. The fourth-order valence-electron chi connectivity index (χ4n) is 1.47. The molecule has 2 aromatic rings. The fraction of sp³-hybridized carbons (Fsp3) is 0.455. The van der Waals surface area contributed by atoms with Crippen molar-refractivity contribution in [3.8, 4) is 0 Å². The summed E-state index contributed by atoms with van der Waals surface area (Å²) in [5.74, 6) is 0.867. The predicted octanol–water partition coefficient (Wildman–Crippen LogP) is 1.16. The quantitative estimate of drug-likeness (QED) is 0.793. The molecule has 0 saturated carbocycles. The van der Waals surface area contributed by atoms with Crippen molar-refractivity contribution in [2.24, 2.45) is 0 Å². The molecule has 2 heterocycles. The Balaban J connectivity index is 1.76. The van der Waals surface area contributed by atoms with E-state index in [1.807, 2.05) is 6.92 Å². The summed E-state index contributed by atoms with van der Waals surface area (Å²) in [4.78, 5) is 19.3. The summed E-state index contributed by atoms with van der Waals surface area (Å²) in [6, 6.07) is 1.76. The topological polar surface area (TPSA) is 72.7 Å². The van der Waals surface area contributed by atoms with Gasteiger partial charge in [0.2, 0.25) is 5.13 Å². The van der Waals surface area contributed by atoms with E-state index in [0.29, 0.717) is 6.54 Å². The third-order valence-corrected chi connectivity index (χ3v) is 3.13. The van der Waals surface area contributed by atoms with E-state index in [-0.39, 0.29) is 5.69 Å². The van der Waals surface area contributed by atoms with Crippen LogP contribution in [0.1, 0.15) is 19.2 Å². The van der Waals surface area contributed by atoms with E-state index in [0.717, 1.165) is 30.3 Å². The van der Waals surface area contributed by atoms with Crippen molar-refractivity contribution >= 4 is 16.7 Å². The molecule has 0 unspecified atom stereocenters. The second-order valence-corrected chi connectivity index (χ2v) is 4.50. The van der Waals surface area contributed by atoms with Gasteiger partial charge in [-0.05, 0) is 12.5 Å². The van der Waals surface area contributed by atoms with Crippen molar-refractivity contribution in [2.45, 2.75) is 26.3 Å². The first-order chi connectivity index (χ1) is 8.79. The van der Waals surface area contributed by atoms with Crippen LogP contribution in [-0.2, 0) is 13.0 Å². The molecule has 7 heteroatoms. The van der Waals surface area contributed by atoms with Gasteiger partial charge in [0.25, 0.3) is 0 Å². The van der Waals surface area contributed by atoms with Crippen LogP contribution in [-0.4, -0.2) is 25.5 Å². The Morgan fingerprint density at radius 1 is 1.50 bits per heavy atom. The van der Waals surface area contributed by atoms with Crippen LogP contribution in [0.25, 0.3) is 0 Å². The second-order valence-electron chi connectivity index (χ2n) is 3.75. The summed E-state index contributed by atoms with van der Waals surface area (Å²) in [6.45, 7) is 3.44. The maximum Gasteiger partial charge on any atom is 0.347 e. The van der Waals surface area contributed by atoms with Gasteiger partial charge in [-0.25, -0.2) is 14.8 Å². The maximum absolute atomic E-state index is 11.3. The lowest BCUT2D eigenvalue weighted by atomic mass is 10.4. The lowest BCUT2D eigenvalue weighted by molar-refractivity contribution is 0.622. The van der Waals surface area contributed by atoms with E-state index in [4.69, 9.17) is 0 Å². The SMILES string of the molecule is CCc1nsc(NCCCn2cccnc2=O)n1. The van der Waals surface area contributed by atoms with Crippen LogP contribution < -0.4 is 11.0 Å². The number of nitrogens with zero attached hydrogens (tertiary/aromatic N) is 4. The van der Waals surface area contributed by atoms with Gasteiger partial charge in [0.15, 0.2) is 0 Å². The third-order valence-electron chi connectivity index (χ3n) is 2.42. The minimum atomic E-state index is -0.207. The number of nitrogens with one attached hydrogen (secondary N) is 1. The van der Waals surface area contributed by atoms with Crippen LogP contribution in [0.5, 0.6) is 0 Å².